The summed E-state index contributed by atoms with van der Waals surface area (Å²) in [6.45, 7) is 4.30. The van der Waals surface area contributed by atoms with Crippen molar-refractivity contribution in [3.63, 3.8) is 0 Å². The number of alkyl halides is 3. The molecule has 1 aromatic rings. The van der Waals surface area contributed by atoms with E-state index in [0.29, 0.717) is 12.6 Å². The number of nitrogens with one attached hydrogen (secondary N) is 2. The number of hydrogen-bond acceptors (Lipinski definition) is 3. The lowest BCUT2D eigenvalue weighted by Crippen LogP contribution is -2.45. The predicted molar refractivity (Wildman–Crippen MR) is 128 cm³/mol. The zero-order valence-electron chi connectivity index (χ0n) is 18.1. The first-order valence-electron chi connectivity index (χ1n) is 10.9. The number of hydrogen-bond donors (Lipinski definition) is 2. The van der Waals surface area contributed by atoms with Crippen LogP contribution in [0, 0.1) is 0 Å². The van der Waals surface area contributed by atoms with Crippen molar-refractivity contribution >= 4 is 29.9 Å². The van der Waals surface area contributed by atoms with Crippen molar-refractivity contribution in [2.24, 2.45) is 4.99 Å². The van der Waals surface area contributed by atoms with Crippen LogP contribution in [0.1, 0.15) is 50.2 Å². The molecule has 0 aromatic heterocycles. The number of halogens is 4. The molecule has 2 aliphatic rings. The fourth-order valence-electron chi connectivity index (χ4n) is 4.22. The van der Waals surface area contributed by atoms with Gasteiger partial charge in [0.2, 0.25) is 0 Å². The lowest BCUT2D eigenvalue weighted by molar-refractivity contribution is -0.176. The van der Waals surface area contributed by atoms with E-state index in [1.165, 1.54) is 25.7 Å². The van der Waals surface area contributed by atoms with Crippen LogP contribution in [0.25, 0.3) is 0 Å². The second-order valence-electron chi connectivity index (χ2n) is 8.18. The normalized spacial score (nSPS) is 20.6. The average Bonchev–Trinajstić information content (AvgIpc) is 3.38. The number of guanidine groups is 1. The van der Waals surface area contributed by atoms with Crippen LogP contribution in [0.2, 0.25) is 0 Å². The van der Waals surface area contributed by atoms with E-state index in [9.17, 15) is 13.2 Å². The van der Waals surface area contributed by atoms with E-state index in [1.807, 2.05) is 19.1 Å². The van der Waals surface area contributed by atoms with E-state index in [1.54, 1.807) is 12.1 Å². The van der Waals surface area contributed by atoms with Crippen LogP contribution in [0.15, 0.2) is 29.3 Å². The van der Waals surface area contributed by atoms with Crippen molar-refractivity contribution in [1.82, 2.24) is 15.5 Å². The monoisotopic (exact) mass is 554 g/mol. The van der Waals surface area contributed by atoms with Gasteiger partial charge in [0.15, 0.2) is 5.96 Å². The van der Waals surface area contributed by atoms with Gasteiger partial charge >= 0.3 is 6.18 Å². The maximum absolute atomic E-state index is 12.2. The van der Waals surface area contributed by atoms with E-state index in [2.05, 4.69) is 20.5 Å². The summed E-state index contributed by atoms with van der Waals surface area (Å²) in [5, 5.41) is 6.88. The summed E-state index contributed by atoms with van der Waals surface area (Å²) in [7, 11) is 0. The first kappa shape index (κ1) is 26.2. The van der Waals surface area contributed by atoms with Crippen molar-refractivity contribution in [3.05, 3.63) is 35.4 Å². The molecule has 1 heterocycles. The highest BCUT2D eigenvalue weighted by Gasteiger charge is 2.30. The number of likely N-dealkylation sites (tertiary alicyclic amines) is 1. The summed E-state index contributed by atoms with van der Waals surface area (Å²) in [6.07, 6.45) is 2.22. The van der Waals surface area contributed by atoms with Crippen molar-refractivity contribution < 1.29 is 17.9 Å². The lowest BCUT2D eigenvalue weighted by atomic mass is 10.1. The van der Waals surface area contributed by atoms with Gasteiger partial charge in [-0.15, -0.1) is 24.0 Å². The fourth-order valence-corrected chi connectivity index (χ4v) is 4.22. The van der Waals surface area contributed by atoms with Crippen LogP contribution in [0.5, 0.6) is 0 Å². The fraction of sp³-hybridized carbons (Fsp3) is 0.682. The van der Waals surface area contributed by atoms with Crippen molar-refractivity contribution in [2.45, 2.75) is 70.4 Å². The van der Waals surface area contributed by atoms with Gasteiger partial charge in [-0.25, -0.2) is 4.99 Å². The topological polar surface area (TPSA) is 48.9 Å². The highest BCUT2D eigenvalue weighted by molar-refractivity contribution is 14.0. The van der Waals surface area contributed by atoms with E-state index < -0.39 is 12.8 Å². The molecule has 1 aliphatic heterocycles. The average molecular weight is 554 g/mol. The third kappa shape index (κ3) is 9.13. The molecule has 0 bridgehead atoms. The molecule has 0 spiro atoms. The van der Waals surface area contributed by atoms with Gasteiger partial charge in [-0.1, -0.05) is 37.1 Å². The molecule has 0 radical (unpaired) electrons. The van der Waals surface area contributed by atoms with Gasteiger partial charge in [-0.2, -0.15) is 13.2 Å². The van der Waals surface area contributed by atoms with Gasteiger partial charge in [0, 0.05) is 31.7 Å². The minimum atomic E-state index is -4.29. The minimum absolute atomic E-state index is 0. The van der Waals surface area contributed by atoms with E-state index in [0.717, 1.165) is 49.2 Å². The Morgan fingerprint density at radius 1 is 1.13 bits per heavy atom. The SMILES string of the molecule is CCNC(=NCc1ccc(COCC(F)(F)F)cc1)NC1CCN(C2CCCC2)C1.I. The standard InChI is InChI=1S/C22H33F3N4O.HI/c1-2-26-21(28-19-11-12-29(14-19)20-5-3-4-6-20)27-13-17-7-9-18(10-8-17)15-30-16-22(23,24)25;/h7-10,19-20H,2-6,11-16H2,1H3,(H2,26,27,28);1H. The molecule has 31 heavy (non-hydrogen) atoms. The predicted octanol–water partition coefficient (Wildman–Crippen LogP) is 4.46. The lowest BCUT2D eigenvalue weighted by Gasteiger charge is -2.24. The molecule has 2 N–H and O–H groups in total. The van der Waals surface area contributed by atoms with Gasteiger partial charge in [0.25, 0.3) is 0 Å². The van der Waals surface area contributed by atoms with Gasteiger partial charge in [-0.3, -0.25) is 4.90 Å². The highest BCUT2D eigenvalue weighted by atomic mass is 127. The van der Waals surface area contributed by atoms with Gasteiger partial charge in [0.05, 0.1) is 13.2 Å². The minimum Gasteiger partial charge on any atom is -0.367 e. The zero-order valence-corrected chi connectivity index (χ0v) is 20.4. The molecule has 1 aromatic carbocycles. The Bertz CT molecular complexity index is 678. The van der Waals surface area contributed by atoms with E-state index in [4.69, 9.17) is 4.74 Å². The number of rotatable bonds is 8. The van der Waals surface area contributed by atoms with Crippen LogP contribution < -0.4 is 10.6 Å². The molecule has 1 aliphatic carbocycles. The molecule has 176 valence electrons. The number of ether oxygens (including phenoxy) is 1. The van der Waals surface area contributed by atoms with Crippen molar-refractivity contribution in [3.8, 4) is 0 Å². The molecule has 5 nitrogen and oxygen atoms in total. The first-order chi connectivity index (χ1) is 14.4. The number of aliphatic imine (C=N–C) groups is 1. The van der Waals surface area contributed by atoms with Gasteiger partial charge < -0.3 is 15.4 Å². The highest BCUT2D eigenvalue weighted by Crippen LogP contribution is 2.26. The van der Waals surface area contributed by atoms with Crippen LogP contribution in [0.3, 0.4) is 0 Å². The van der Waals surface area contributed by atoms with Crippen LogP contribution >= 0.6 is 24.0 Å². The summed E-state index contributed by atoms with van der Waals surface area (Å²) in [5.41, 5.74) is 1.72. The Morgan fingerprint density at radius 3 is 2.45 bits per heavy atom. The Balaban J connectivity index is 0.00000341. The van der Waals surface area contributed by atoms with E-state index in [-0.39, 0.29) is 30.6 Å². The molecule has 1 saturated carbocycles. The Morgan fingerprint density at radius 2 is 1.81 bits per heavy atom. The summed E-state index contributed by atoms with van der Waals surface area (Å²) < 4.78 is 41.2. The smallest absolute Gasteiger partial charge is 0.367 e. The Labute approximate surface area is 200 Å². The maximum atomic E-state index is 12.2. The Kier molecular flexibility index (Phi) is 10.8. The summed E-state index contributed by atoms with van der Waals surface area (Å²) in [5.74, 6) is 0.813. The molecule has 0 amide bonds. The second kappa shape index (κ2) is 12.8. The number of benzene rings is 1. The molecule has 1 atom stereocenters. The molecule has 1 unspecified atom stereocenters. The number of nitrogens with zero attached hydrogens (tertiary/aromatic N) is 2. The third-order valence-electron chi connectivity index (χ3n) is 5.72. The molecular formula is C22H34F3IN4O. The maximum Gasteiger partial charge on any atom is 0.411 e. The Hall–Kier alpha value is -1.07. The quantitative estimate of drug-likeness (QED) is 0.283. The van der Waals surface area contributed by atoms with Gasteiger partial charge in [-0.05, 0) is 37.3 Å². The van der Waals surface area contributed by atoms with Crippen LogP contribution in [-0.4, -0.2) is 55.4 Å². The molecule has 2 fully saturated rings. The largest absolute Gasteiger partial charge is 0.411 e. The molecule has 3 rings (SSSR count). The zero-order chi connectivity index (χ0) is 21.4. The van der Waals surface area contributed by atoms with Crippen LogP contribution in [0.4, 0.5) is 13.2 Å². The second-order valence-corrected chi connectivity index (χ2v) is 8.18. The van der Waals surface area contributed by atoms with Crippen molar-refractivity contribution in [2.75, 3.05) is 26.2 Å². The third-order valence-corrected chi connectivity index (χ3v) is 5.72. The van der Waals surface area contributed by atoms with Crippen LogP contribution in [-0.2, 0) is 17.9 Å². The first-order valence-corrected chi connectivity index (χ1v) is 10.9. The van der Waals surface area contributed by atoms with Crippen molar-refractivity contribution in [1.29, 1.82) is 0 Å². The summed E-state index contributed by atoms with van der Waals surface area (Å²) in [4.78, 5) is 7.31. The molecular weight excluding hydrogens is 520 g/mol. The summed E-state index contributed by atoms with van der Waals surface area (Å²) >= 11 is 0. The summed E-state index contributed by atoms with van der Waals surface area (Å²) in [6, 6.07) is 8.52. The van der Waals surface area contributed by atoms with Gasteiger partial charge in [0.1, 0.15) is 6.61 Å². The molecule has 9 heteroatoms. The molecule has 1 saturated heterocycles. The van der Waals surface area contributed by atoms with E-state index >= 15 is 0 Å².